The summed E-state index contributed by atoms with van der Waals surface area (Å²) in [6.45, 7) is 7.01. The van der Waals surface area contributed by atoms with Crippen molar-refractivity contribution >= 4 is 21.8 Å². The molecule has 1 heterocycles. The smallest absolute Gasteiger partial charge is 0.0541 e. The molecule has 0 fully saturated rings. The summed E-state index contributed by atoms with van der Waals surface area (Å²) >= 11 is 0. The van der Waals surface area contributed by atoms with Crippen LogP contribution in [0.1, 0.15) is 98.1 Å². The number of nitrogens with zero attached hydrogens (tertiary/aromatic N) is 1. The maximum absolute atomic E-state index is 2.54. The number of hydrogen-bond acceptors (Lipinski definition) is 0. The second kappa shape index (κ2) is 19.7. The first-order chi connectivity index (χ1) is 36.9. The molecule has 2 aliphatic carbocycles. The highest BCUT2D eigenvalue weighted by Gasteiger charge is 2.39. The minimum absolute atomic E-state index is 0.0678. The summed E-state index contributed by atoms with van der Waals surface area (Å²) < 4.78 is 2.41. The monoisotopic (exact) mass is 968 g/mol. The zero-order valence-corrected chi connectivity index (χ0v) is 43.8. The lowest BCUT2D eigenvalue weighted by atomic mass is 9.75. The van der Waals surface area contributed by atoms with Crippen LogP contribution in [0, 0.1) is 6.92 Å². The second-order valence-electron chi connectivity index (χ2n) is 22.0. The highest BCUT2D eigenvalue weighted by Crippen LogP contribution is 2.53. The fourth-order valence-corrected chi connectivity index (χ4v) is 13.2. The molecule has 0 spiro atoms. The number of aryl methyl sites for hydroxylation is 2. The predicted octanol–water partition coefficient (Wildman–Crippen LogP) is 20.3. The molecule has 0 N–H and O–H groups in total. The first kappa shape index (κ1) is 46.8. The van der Waals surface area contributed by atoms with Gasteiger partial charge in [0.2, 0.25) is 0 Å². The van der Waals surface area contributed by atoms with E-state index in [0.29, 0.717) is 5.92 Å². The van der Waals surface area contributed by atoms with E-state index in [0.717, 1.165) is 19.3 Å². The van der Waals surface area contributed by atoms with E-state index in [1.807, 2.05) is 0 Å². The standard InChI is InChI=1S/C74H65N/c1-4-5-6-13-43-74(3)70-48-58(37-41-65(70)66-42-38-59(49-71(66)74)53-35-39-62(40-36-53)75-72-27-11-9-25-67(72)68-26-10-12-28-73(68)75)52-31-29-51(30-32-52)18-15-22-60-46-61-34-33-57(47-69(61)64-24-8-7-23-63(60)64)56-21-16-20-55(45-56)54-19-14-17-50(2)44-54/h7-12,14,16-17,19-21,23-42,44-45,47-49,60H,4-6,13,15,18,22,43,46H2,1-3H3. The van der Waals surface area contributed by atoms with Crippen LogP contribution in [-0.2, 0) is 18.3 Å². The summed E-state index contributed by atoms with van der Waals surface area (Å²) in [6, 6.07) is 85.1. The molecular weight excluding hydrogens is 903 g/mol. The summed E-state index contributed by atoms with van der Waals surface area (Å²) in [5.74, 6) is 0.518. The lowest BCUT2D eigenvalue weighted by Gasteiger charge is -2.28. The highest BCUT2D eigenvalue weighted by atomic mass is 15.0. The molecule has 0 saturated carbocycles. The van der Waals surface area contributed by atoms with Crippen LogP contribution in [0.15, 0.2) is 224 Å². The first-order valence-corrected chi connectivity index (χ1v) is 27.8. The predicted molar refractivity (Wildman–Crippen MR) is 319 cm³/mol. The number of para-hydroxylation sites is 2. The Morgan fingerprint density at radius 1 is 0.440 bits per heavy atom. The molecule has 10 aromatic carbocycles. The Morgan fingerprint density at radius 3 is 1.67 bits per heavy atom. The van der Waals surface area contributed by atoms with E-state index in [1.54, 1.807) is 0 Å². The third-order valence-corrected chi connectivity index (χ3v) is 17.2. The quantitative estimate of drug-likeness (QED) is 0.0957. The topological polar surface area (TPSA) is 4.93 Å². The van der Waals surface area contributed by atoms with E-state index >= 15 is 0 Å². The van der Waals surface area contributed by atoms with E-state index in [4.69, 9.17) is 0 Å². The van der Waals surface area contributed by atoms with Crippen LogP contribution >= 0.6 is 0 Å². The average molecular weight is 968 g/mol. The molecule has 1 aromatic heterocycles. The van der Waals surface area contributed by atoms with Crippen molar-refractivity contribution in [2.75, 3.05) is 0 Å². The van der Waals surface area contributed by atoms with Crippen molar-refractivity contribution in [3.8, 4) is 72.4 Å². The molecule has 2 aliphatic rings. The van der Waals surface area contributed by atoms with Gasteiger partial charge in [0.1, 0.15) is 0 Å². The van der Waals surface area contributed by atoms with Gasteiger partial charge >= 0.3 is 0 Å². The zero-order valence-electron chi connectivity index (χ0n) is 43.8. The summed E-state index contributed by atoms with van der Waals surface area (Å²) in [7, 11) is 0. The van der Waals surface area contributed by atoms with Gasteiger partial charge in [-0.3, -0.25) is 0 Å². The van der Waals surface area contributed by atoms with Crippen molar-refractivity contribution in [3.05, 3.63) is 258 Å². The van der Waals surface area contributed by atoms with Crippen LogP contribution in [0.25, 0.3) is 94.3 Å². The van der Waals surface area contributed by atoms with Crippen LogP contribution in [-0.4, -0.2) is 4.57 Å². The minimum Gasteiger partial charge on any atom is -0.309 e. The van der Waals surface area contributed by atoms with Crippen molar-refractivity contribution in [3.63, 3.8) is 0 Å². The molecule has 0 radical (unpaired) electrons. The van der Waals surface area contributed by atoms with Crippen LogP contribution in [0.4, 0.5) is 0 Å². The van der Waals surface area contributed by atoms with Crippen molar-refractivity contribution < 1.29 is 0 Å². The summed E-state index contributed by atoms with van der Waals surface area (Å²) in [6.07, 6.45) is 10.7. The Morgan fingerprint density at radius 2 is 1.00 bits per heavy atom. The van der Waals surface area contributed by atoms with Crippen molar-refractivity contribution in [1.82, 2.24) is 4.57 Å². The number of unbranched alkanes of at least 4 members (excludes halogenated alkanes) is 3. The second-order valence-corrected chi connectivity index (χ2v) is 22.0. The number of aromatic nitrogens is 1. The van der Waals surface area contributed by atoms with Gasteiger partial charge in [-0.15, -0.1) is 0 Å². The van der Waals surface area contributed by atoms with Crippen LogP contribution in [0.5, 0.6) is 0 Å². The minimum atomic E-state index is -0.0678. The van der Waals surface area contributed by atoms with Crippen LogP contribution < -0.4 is 0 Å². The molecule has 366 valence electrons. The highest BCUT2D eigenvalue weighted by molar-refractivity contribution is 6.09. The van der Waals surface area contributed by atoms with Gasteiger partial charge in [0.25, 0.3) is 0 Å². The van der Waals surface area contributed by atoms with Crippen molar-refractivity contribution in [2.24, 2.45) is 0 Å². The van der Waals surface area contributed by atoms with E-state index in [9.17, 15) is 0 Å². The molecule has 0 amide bonds. The SMILES string of the molecule is CCCCCCC1(C)c2cc(-c3ccc(CCCC4Cc5ccc(-c6cccc(-c7cccc(C)c7)c6)cc5-c5ccccc54)cc3)ccc2-c2ccc(-c3ccc(-n4c5ccccc5c5ccccc54)cc3)cc21. The maximum atomic E-state index is 2.54. The number of rotatable bonds is 14. The van der Waals surface area contributed by atoms with Crippen molar-refractivity contribution in [2.45, 2.75) is 89.9 Å². The fourth-order valence-electron chi connectivity index (χ4n) is 13.2. The molecule has 11 aromatic rings. The summed E-state index contributed by atoms with van der Waals surface area (Å²) in [4.78, 5) is 0. The Kier molecular flexibility index (Phi) is 12.3. The molecule has 2 unspecified atom stereocenters. The fraction of sp³-hybridized carbons (Fsp3) is 0.189. The zero-order chi connectivity index (χ0) is 50.5. The van der Waals surface area contributed by atoms with Crippen LogP contribution in [0.2, 0.25) is 0 Å². The lowest BCUT2D eigenvalue weighted by molar-refractivity contribution is 0.487. The first-order valence-electron chi connectivity index (χ1n) is 27.8. The number of hydrogen-bond donors (Lipinski definition) is 0. The van der Waals surface area contributed by atoms with Gasteiger partial charge in [-0.2, -0.15) is 0 Å². The normalized spacial score (nSPS) is 15.4. The Labute approximate surface area is 444 Å². The third-order valence-electron chi connectivity index (χ3n) is 17.2. The molecular formula is C74H65N. The Bertz CT molecular complexity index is 3850. The summed E-state index contributed by atoms with van der Waals surface area (Å²) in [5.41, 5.74) is 28.1. The largest absolute Gasteiger partial charge is 0.309 e. The van der Waals surface area contributed by atoms with Crippen molar-refractivity contribution in [1.29, 1.82) is 0 Å². The average Bonchev–Trinajstić information content (AvgIpc) is 3.93. The van der Waals surface area contributed by atoms with E-state index in [-0.39, 0.29) is 5.41 Å². The molecule has 13 rings (SSSR count). The van der Waals surface area contributed by atoms with E-state index in [1.165, 1.54) is 166 Å². The van der Waals surface area contributed by atoms with E-state index in [2.05, 4.69) is 250 Å². The van der Waals surface area contributed by atoms with Crippen LogP contribution in [0.3, 0.4) is 0 Å². The number of benzene rings is 10. The molecule has 2 atom stereocenters. The maximum Gasteiger partial charge on any atom is 0.0541 e. The molecule has 1 heteroatoms. The lowest BCUT2D eigenvalue weighted by Crippen LogP contribution is -2.20. The molecule has 75 heavy (non-hydrogen) atoms. The van der Waals surface area contributed by atoms with Gasteiger partial charge in [0.05, 0.1) is 11.0 Å². The van der Waals surface area contributed by atoms with Gasteiger partial charge in [-0.25, -0.2) is 0 Å². The van der Waals surface area contributed by atoms with Gasteiger partial charge in [-0.1, -0.05) is 221 Å². The Balaban J connectivity index is 0.714. The summed E-state index contributed by atoms with van der Waals surface area (Å²) in [5, 5.41) is 2.58. The number of fused-ring (bicyclic) bond motifs is 9. The Hall–Kier alpha value is -8.00. The van der Waals surface area contributed by atoms with Gasteiger partial charge < -0.3 is 4.57 Å². The van der Waals surface area contributed by atoms with Gasteiger partial charge in [-0.05, 0) is 188 Å². The van der Waals surface area contributed by atoms with E-state index < -0.39 is 0 Å². The molecule has 0 bridgehead atoms. The molecule has 0 aliphatic heterocycles. The van der Waals surface area contributed by atoms with Gasteiger partial charge in [0.15, 0.2) is 0 Å². The molecule has 1 nitrogen and oxygen atoms in total. The molecule has 0 saturated heterocycles. The van der Waals surface area contributed by atoms with Gasteiger partial charge in [0, 0.05) is 21.9 Å². The third kappa shape index (κ3) is 8.63.